The fraction of sp³-hybridized carbons (Fsp3) is 0.160. The molecule has 0 radical (unpaired) electrons. The molecule has 4 rings (SSSR count). The maximum absolute atomic E-state index is 13.2. The third-order valence-corrected chi connectivity index (χ3v) is 5.75. The van der Waals surface area contributed by atoms with Gasteiger partial charge < -0.3 is 10.6 Å². The Morgan fingerprint density at radius 1 is 1.00 bits per heavy atom. The van der Waals surface area contributed by atoms with Crippen LogP contribution in [0.25, 0.3) is 5.69 Å². The topological polar surface area (TPSA) is 136 Å². The van der Waals surface area contributed by atoms with E-state index in [4.69, 9.17) is 5.73 Å². The van der Waals surface area contributed by atoms with Crippen LogP contribution in [0.15, 0.2) is 70.3 Å². The minimum absolute atomic E-state index is 0.0767. The van der Waals surface area contributed by atoms with Gasteiger partial charge in [-0.2, -0.15) is 5.10 Å². The van der Waals surface area contributed by atoms with Crippen LogP contribution in [0.1, 0.15) is 27.3 Å². The lowest BCUT2D eigenvalue weighted by atomic mass is 10.1. The average Bonchev–Trinajstić information content (AvgIpc) is 3.15. The zero-order chi connectivity index (χ0) is 25.3. The highest BCUT2D eigenvalue weighted by atomic mass is 16.2. The van der Waals surface area contributed by atoms with E-state index in [1.165, 1.54) is 7.05 Å². The van der Waals surface area contributed by atoms with Crippen LogP contribution < -0.4 is 21.9 Å². The number of amides is 1. The van der Waals surface area contributed by atoms with Crippen LogP contribution in [0.5, 0.6) is 0 Å². The number of carbonyl (C=O) groups excluding carboxylic acids is 2. The second kappa shape index (κ2) is 9.26. The van der Waals surface area contributed by atoms with Gasteiger partial charge in [0.1, 0.15) is 5.82 Å². The Morgan fingerprint density at radius 3 is 2.23 bits per heavy atom. The zero-order valence-corrected chi connectivity index (χ0v) is 19.5. The first-order chi connectivity index (χ1) is 16.7. The molecule has 2 heterocycles. The molecule has 0 saturated heterocycles. The number of carbonyl (C=O) groups is 2. The van der Waals surface area contributed by atoms with E-state index in [0.29, 0.717) is 11.4 Å². The maximum atomic E-state index is 13.2. The summed E-state index contributed by atoms with van der Waals surface area (Å²) in [6, 6.07) is 18.2. The Labute approximate surface area is 200 Å². The fourth-order valence-corrected chi connectivity index (χ4v) is 3.98. The Bertz CT molecular complexity index is 1530. The van der Waals surface area contributed by atoms with Crippen LogP contribution >= 0.6 is 0 Å². The number of anilines is 2. The number of likely N-dealkylation sites (N-methyl/N-ethyl adjacent to an activating group) is 1. The standard InChI is InChI=1S/C25H24N6O4/c1-15-19(16(2)31(28-15)18-12-8-5-9-13-18)21(32)24(34)29(3)20-22(26)30(25(35)27-23(20)33)14-17-10-6-4-7-11-17/h4-13H,14,26H2,1-3H3,(H,27,33,35). The minimum Gasteiger partial charge on any atom is -0.383 e. The number of aryl methyl sites for hydroxylation is 1. The van der Waals surface area contributed by atoms with Gasteiger partial charge in [0.05, 0.1) is 29.2 Å². The van der Waals surface area contributed by atoms with Gasteiger partial charge in [-0.1, -0.05) is 48.5 Å². The van der Waals surface area contributed by atoms with Crippen molar-refractivity contribution in [1.29, 1.82) is 0 Å². The SMILES string of the molecule is Cc1nn(-c2ccccc2)c(C)c1C(=O)C(=O)N(C)c1c(N)n(Cc2ccccc2)c(=O)[nH]c1=O. The molecular formula is C25H24N6O4. The van der Waals surface area contributed by atoms with Crippen LogP contribution in [0.4, 0.5) is 11.5 Å². The number of nitrogens with zero attached hydrogens (tertiary/aromatic N) is 4. The summed E-state index contributed by atoms with van der Waals surface area (Å²) in [5.74, 6) is -2.05. The van der Waals surface area contributed by atoms with Crippen molar-refractivity contribution in [3.05, 3.63) is 104 Å². The highest BCUT2D eigenvalue weighted by Crippen LogP contribution is 2.22. The van der Waals surface area contributed by atoms with E-state index in [1.807, 2.05) is 36.4 Å². The molecule has 0 saturated carbocycles. The van der Waals surface area contributed by atoms with Crippen molar-refractivity contribution in [2.75, 3.05) is 17.7 Å². The quantitative estimate of drug-likeness (QED) is 0.324. The number of benzene rings is 2. The highest BCUT2D eigenvalue weighted by molar-refractivity contribution is 6.47. The summed E-state index contributed by atoms with van der Waals surface area (Å²) in [5.41, 5.74) is 6.79. The van der Waals surface area contributed by atoms with Gasteiger partial charge in [0.2, 0.25) is 0 Å². The van der Waals surface area contributed by atoms with E-state index in [0.717, 1.165) is 20.7 Å². The van der Waals surface area contributed by atoms with Gasteiger partial charge in [-0.15, -0.1) is 0 Å². The van der Waals surface area contributed by atoms with Gasteiger partial charge in [-0.3, -0.25) is 23.9 Å². The number of nitrogens with one attached hydrogen (secondary N) is 1. The molecule has 3 N–H and O–H groups in total. The number of ketones is 1. The van der Waals surface area contributed by atoms with Crippen molar-refractivity contribution >= 4 is 23.2 Å². The largest absolute Gasteiger partial charge is 0.383 e. The number of hydrogen-bond donors (Lipinski definition) is 2. The minimum atomic E-state index is -0.981. The van der Waals surface area contributed by atoms with Crippen molar-refractivity contribution in [3.8, 4) is 5.69 Å². The molecule has 0 aliphatic heterocycles. The number of Topliss-reactive ketones (excluding diaryl/α,β-unsaturated/α-hetero) is 1. The predicted molar refractivity (Wildman–Crippen MR) is 132 cm³/mol. The lowest BCUT2D eigenvalue weighted by Gasteiger charge is -2.20. The second-order valence-electron chi connectivity index (χ2n) is 8.05. The number of nitrogens with two attached hydrogens (primary N) is 1. The Balaban J connectivity index is 1.71. The molecule has 0 bridgehead atoms. The third-order valence-electron chi connectivity index (χ3n) is 5.75. The number of H-pyrrole nitrogens is 1. The van der Waals surface area contributed by atoms with Crippen LogP contribution in [-0.4, -0.2) is 38.1 Å². The lowest BCUT2D eigenvalue weighted by molar-refractivity contribution is -0.114. The summed E-state index contributed by atoms with van der Waals surface area (Å²) < 4.78 is 2.72. The van der Waals surface area contributed by atoms with Crippen LogP contribution in [0, 0.1) is 13.8 Å². The maximum Gasteiger partial charge on any atom is 0.330 e. The van der Waals surface area contributed by atoms with Crippen molar-refractivity contribution in [2.45, 2.75) is 20.4 Å². The Kier molecular flexibility index (Phi) is 6.20. The molecular weight excluding hydrogens is 448 g/mol. The van der Waals surface area contributed by atoms with E-state index in [-0.39, 0.29) is 23.6 Å². The lowest BCUT2D eigenvalue weighted by Crippen LogP contribution is -2.42. The first-order valence-corrected chi connectivity index (χ1v) is 10.8. The van der Waals surface area contributed by atoms with Gasteiger partial charge >= 0.3 is 5.69 Å². The smallest absolute Gasteiger partial charge is 0.330 e. The number of hydrogen-bond acceptors (Lipinski definition) is 6. The van der Waals surface area contributed by atoms with E-state index in [1.54, 1.807) is 42.8 Å². The van der Waals surface area contributed by atoms with E-state index < -0.39 is 22.9 Å². The van der Waals surface area contributed by atoms with Crippen molar-refractivity contribution in [3.63, 3.8) is 0 Å². The van der Waals surface area contributed by atoms with Crippen molar-refractivity contribution in [2.24, 2.45) is 0 Å². The highest BCUT2D eigenvalue weighted by Gasteiger charge is 2.30. The first-order valence-electron chi connectivity index (χ1n) is 10.8. The molecule has 0 aliphatic carbocycles. The van der Waals surface area contributed by atoms with Crippen LogP contribution in [0.2, 0.25) is 0 Å². The molecule has 0 atom stereocenters. The summed E-state index contributed by atoms with van der Waals surface area (Å²) in [6.45, 7) is 3.40. The summed E-state index contributed by atoms with van der Waals surface area (Å²) >= 11 is 0. The summed E-state index contributed by atoms with van der Waals surface area (Å²) in [5, 5.41) is 4.41. The molecule has 2 aromatic heterocycles. The summed E-state index contributed by atoms with van der Waals surface area (Å²) in [7, 11) is 1.27. The Hall–Kier alpha value is -4.73. The monoisotopic (exact) mass is 472 g/mol. The molecule has 1 amide bonds. The van der Waals surface area contributed by atoms with Crippen LogP contribution in [-0.2, 0) is 11.3 Å². The molecule has 10 nitrogen and oxygen atoms in total. The molecule has 0 unspecified atom stereocenters. The van der Waals surface area contributed by atoms with Gasteiger partial charge in [-0.25, -0.2) is 9.48 Å². The number of aromatic amines is 1. The summed E-state index contributed by atoms with van der Waals surface area (Å²) in [4.78, 5) is 54.6. The Morgan fingerprint density at radius 2 is 1.60 bits per heavy atom. The van der Waals surface area contributed by atoms with Gasteiger partial charge in [0, 0.05) is 7.05 Å². The van der Waals surface area contributed by atoms with E-state index in [9.17, 15) is 19.2 Å². The van der Waals surface area contributed by atoms with Gasteiger partial charge in [-0.05, 0) is 31.5 Å². The average molecular weight is 473 g/mol. The number of aromatic nitrogens is 4. The second-order valence-corrected chi connectivity index (χ2v) is 8.05. The molecule has 10 heteroatoms. The molecule has 4 aromatic rings. The van der Waals surface area contributed by atoms with E-state index >= 15 is 0 Å². The molecule has 0 aliphatic rings. The third kappa shape index (κ3) is 4.29. The molecule has 178 valence electrons. The van der Waals surface area contributed by atoms with Gasteiger partial charge in [0.15, 0.2) is 5.69 Å². The fourth-order valence-electron chi connectivity index (χ4n) is 3.98. The molecule has 35 heavy (non-hydrogen) atoms. The molecule has 0 spiro atoms. The van der Waals surface area contributed by atoms with Crippen LogP contribution in [0.3, 0.4) is 0 Å². The number of rotatable bonds is 6. The number of nitrogen functional groups attached to an aromatic ring is 1. The number of para-hydroxylation sites is 1. The predicted octanol–water partition coefficient (Wildman–Crippen LogP) is 1.82. The van der Waals surface area contributed by atoms with Crippen molar-refractivity contribution in [1.82, 2.24) is 19.3 Å². The zero-order valence-electron chi connectivity index (χ0n) is 19.5. The normalized spacial score (nSPS) is 10.8. The van der Waals surface area contributed by atoms with Gasteiger partial charge in [0.25, 0.3) is 17.2 Å². The summed E-state index contributed by atoms with van der Waals surface area (Å²) in [6.07, 6.45) is 0. The van der Waals surface area contributed by atoms with E-state index in [2.05, 4.69) is 10.1 Å². The van der Waals surface area contributed by atoms with Crippen molar-refractivity contribution < 1.29 is 9.59 Å². The molecule has 0 fully saturated rings. The first kappa shape index (κ1) is 23.4. The molecule has 2 aromatic carbocycles.